The minimum Gasteiger partial charge on any atom is -0.508 e. The van der Waals surface area contributed by atoms with Crippen LogP contribution in [0.15, 0.2) is 72.3 Å². The van der Waals surface area contributed by atoms with Crippen LogP contribution >= 0.6 is 23.2 Å². The van der Waals surface area contributed by atoms with Gasteiger partial charge in [-0.1, -0.05) is 23.8 Å². The molecule has 0 aromatic heterocycles. The van der Waals surface area contributed by atoms with Gasteiger partial charge in [-0.2, -0.15) is 0 Å². The smallest absolute Gasteiger partial charge is 0.301 e. The lowest BCUT2D eigenvalue weighted by molar-refractivity contribution is -0.392. The molecule has 6 atom stereocenters. The fourth-order valence-electron chi connectivity index (χ4n) is 8.19. The van der Waals surface area contributed by atoms with Gasteiger partial charge in [-0.25, -0.2) is 14.2 Å². The average Bonchev–Trinajstić information content (AvgIpc) is 3.42. The molecule has 2 heterocycles. The predicted molar refractivity (Wildman–Crippen MR) is 181 cm³/mol. The number of hydrogen-bond donors (Lipinski definition) is 1. The standard InChI is InChI=1S/C34H26Cl2FN5O9/c1-38(2)28-24(41(48)49)13-19(14-25(28)42(50)51)39-29(44)22-11-10-21-23(26(22)30(39)45)15-33(35)31(46)40(18-8-6-17(37)7-9-18)32(47)34(33,36)27(21)16-4-3-5-20(43)12-16/h3-10,12-14,22-23,26-27,43H,11,15H2,1-2H3. The fraction of sp³-hybridized carbons (Fsp3) is 0.294. The van der Waals surface area contributed by atoms with Crippen LogP contribution in [0, 0.1) is 43.8 Å². The summed E-state index contributed by atoms with van der Waals surface area (Å²) in [5, 5.41) is 34.6. The summed E-state index contributed by atoms with van der Waals surface area (Å²) in [4.78, 5) is 77.8. The number of alkyl halides is 2. The van der Waals surface area contributed by atoms with Crippen LogP contribution < -0.4 is 14.7 Å². The van der Waals surface area contributed by atoms with Gasteiger partial charge in [0.1, 0.15) is 11.6 Å². The van der Waals surface area contributed by atoms with Gasteiger partial charge in [0.15, 0.2) is 15.4 Å². The highest BCUT2D eigenvalue weighted by Gasteiger charge is 2.76. The van der Waals surface area contributed by atoms with Crippen molar-refractivity contribution < 1.29 is 38.5 Å². The topological polar surface area (TPSA) is 185 Å². The summed E-state index contributed by atoms with van der Waals surface area (Å²) in [5.74, 6) is -8.80. The number of rotatable bonds is 6. The summed E-state index contributed by atoms with van der Waals surface area (Å²) in [6.45, 7) is 0. The van der Waals surface area contributed by atoms with E-state index in [0.717, 1.165) is 29.2 Å². The number of benzene rings is 3. The minimum atomic E-state index is -2.23. The Morgan fingerprint density at radius 2 is 1.49 bits per heavy atom. The third kappa shape index (κ3) is 4.67. The molecule has 1 N–H and O–H groups in total. The lowest BCUT2D eigenvalue weighted by Gasteiger charge is -2.50. The first kappa shape index (κ1) is 34.1. The van der Waals surface area contributed by atoms with E-state index in [9.17, 15) is 48.9 Å². The van der Waals surface area contributed by atoms with Crippen LogP contribution in [-0.4, -0.2) is 62.4 Å². The molecular formula is C34H26Cl2FN5O9. The maximum atomic E-state index is 14.4. The first-order valence-electron chi connectivity index (χ1n) is 15.6. The van der Waals surface area contributed by atoms with E-state index in [1.807, 2.05) is 0 Å². The van der Waals surface area contributed by atoms with Gasteiger partial charge in [0.05, 0.1) is 33.1 Å². The minimum absolute atomic E-state index is 0.00649. The molecule has 262 valence electrons. The number of phenolic OH excluding ortho intramolecular Hbond substituents is 1. The number of carbonyl (C=O) groups excluding carboxylic acids is 4. The van der Waals surface area contributed by atoms with Crippen molar-refractivity contribution in [1.82, 2.24) is 0 Å². The number of amides is 4. The van der Waals surface area contributed by atoms with E-state index in [-0.39, 0.29) is 34.8 Å². The molecule has 51 heavy (non-hydrogen) atoms. The van der Waals surface area contributed by atoms with Crippen LogP contribution in [0.5, 0.6) is 5.75 Å². The monoisotopic (exact) mass is 737 g/mol. The number of carbonyl (C=O) groups is 4. The molecule has 17 heteroatoms. The Balaban J connectivity index is 1.38. The zero-order chi connectivity index (χ0) is 36.9. The Labute approximate surface area is 297 Å². The Morgan fingerprint density at radius 1 is 0.863 bits per heavy atom. The Kier molecular flexibility index (Phi) is 7.72. The fourth-order valence-corrected chi connectivity index (χ4v) is 9.12. The quantitative estimate of drug-likeness (QED) is 0.116. The van der Waals surface area contributed by atoms with Gasteiger partial charge in [-0.3, -0.25) is 39.4 Å². The van der Waals surface area contributed by atoms with E-state index in [1.54, 1.807) is 12.1 Å². The maximum absolute atomic E-state index is 14.4. The first-order valence-corrected chi connectivity index (χ1v) is 16.3. The van der Waals surface area contributed by atoms with Crippen LogP contribution in [0.4, 0.5) is 32.8 Å². The lowest BCUT2D eigenvalue weighted by atomic mass is 9.56. The largest absolute Gasteiger partial charge is 0.508 e. The lowest BCUT2D eigenvalue weighted by Crippen LogP contribution is -2.60. The molecule has 3 aromatic rings. The normalized spacial score (nSPS) is 28.3. The van der Waals surface area contributed by atoms with E-state index in [0.29, 0.717) is 10.5 Å². The SMILES string of the molecule is CN(C)c1c([N+](=O)[O-])cc(N2C(=O)C3CC=C4C(CC5(Cl)C(=O)N(c6ccc(F)cc6)C(=O)C5(Cl)C4c4cccc(O)c4)C3C2=O)cc1[N+](=O)[O-]. The second-order valence-electron chi connectivity index (χ2n) is 13.1. The number of allylic oxidation sites excluding steroid dienone is 2. The molecule has 2 aliphatic heterocycles. The summed E-state index contributed by atoms with van der Waals surface area (Å²) in [6.07, 6.45) is 1.18. The molecule has 2 aliphatic carbocycles. The molecule has 2 saturated heterocycles. The van der Waals surface area contributed by atoms with Crippen LogP contribution in [0.3, 0.4) is 0 Å². The zero-order valence-corrected chi connectivity index (χ0v) is 28.2. The number of aromatic hydroxyl groups is 1. The molecule has 3 fully saturated rings. The number of phenols is 1. The van der Waals surface area contributed by atoms with Gasteiger partial charge >= 0.3 is 11.4 Å². The molecule has 0 bridgehead atoms. The zero-order valence-electron chi connectivity index (χ0n) is 26.7. The summed E-state index contributed by atoms with van der Waals surface area (Å²) in [6, 6.07) is 12.2. The number of anilines is 3. The Morgan fingerprint density at radius 3 is 2.06 bits per heavy atom. The molecule has 1 saturated carbocycles. The molecule has 4 amide bonds. The third-order valence-electron chi connectivity index (χ3n) is 10.3. The Hall–Kier alpha value is -5.41. The first-order chi connectivity index (χ1) is 24.0. The summed E-state index contributed by atoms with van der Waals surface area (Å²) in [5.41, 5.74) is -1.46. The average molecular weight is 739 g/mol. The molecule has 3 aromatic carbocycles. The molecule has 0 spiro atoms. The second-order valence-corrected chi connectivity index (χ2v) is 14.3. The highest BCUT2D eigenvalue weighted by Crippen LogP contribution is 2.66. The predicted octanol–water partition coefficient (Wildman–Crippen LogP) is 5.18. The van der Waals surface area contributed by atoms with Gasteiger partial charge in [-0.15, -0.1) is 23.2 Å². The Bertz CT molecular complexity index is 2110. The van der Waals surface area contributed by atoms with Crippen molar-refractivity contribution in [3.63, 3.8) is 0 Å². The van der Waals surface area contributed by atoms with Gasteiger partial charge < -0.3 is 10.0 Å². The van der Waals surface area contributed by atoms with Gasteiger partial charge in [0, 0.05) is 32.1 Å². The summed E-state index contributed by atoms with van der Waals surface area (Å²) >= 11 is 14.6. The van der Waals surface area contributed by atoms with E-state index >= 15 is 0 Å². The van der Waals surface area contributed by atoms with Crippen molar-refractivity contribution in [3.05, 3.63) is 104 Å². The van der Waals surface area contributed by atoms with Crippen molar-refractivity contribution in [2.45, 2.75) is 28.5 Å². The van der Waals surface area contributed by atoms with E-state index in [1.165, 1.54) is 49.3 Å². The van der Waals surface area contributed by atoms with Crippen molar-refractivity contribution in [2.75, 3.05) is 28.8 Å². The number of halogens is 3. The van der Waals surface area contributed by atoms with Gasteiger partial charge in [-0.05, 0) is 60.7 Å². The van der Waals surface area contributed by atoms with E-state index in [4.69, 9.17) is 23.2 Å². The molecule has 4 aliphatic rings. The van der Waals surface area contributed by atoms with Gasteiger partial charge in [0.25, 0.3) is 11.8 Å². The van der Waals surface area contributed by atoms with Crippen molar-refractivity contribution in [3.8, 4) is 5.75 Å². The van der Waals surface area contributed by atoms with Crippen LogP contribution in [-0.2, 0) is 19.2 Å². The summed E-state index contributed by atoms with van der Waals surface area (Å²) < 4.78 is 13.9. The van der Waals surface area contributed by atoms with Crippen molar-refractivity contribution >= 4 is 75.3 Å². The maximum Gasteiger partial charge on any atom is 0.301 e. The summed E-state index contributed by atoms with van der Waals surface area (Å²) in [7, 11) is 2.75. The molecule has 14 nitrogen and oxygen atoms in total. The van der Waals surface area contributed by atoms with Gasteiger partial charge in [0.2, 0.25) is 11.8 Å². The van der Waals surface area contributed by atoms with Crippen molar-refractivity contribution in [1.29, 1.82) is 0 Å². The highest BCUT2D eigenvalue weighted by molar-refractivity contribution is 6.58. The second kappa shape index (κ2) is 11.6. The third-order valence-corrected chi connectivity index (χ3v) is 11.7. The molecule has 0 radical (unpaired) electrons. The number of imide groups is 2. The molecule has 7 rings (SSSR count). The highest BCUT2D eigenvalue weighted by atomic mass is 35.5. The number of hydrogen-bond acceptors (Lipinski definition) is 10. The number of fused-ring (bicyclic) bond motifs is 4. The number of nitrogens with zero attached hydrogens (tertiary/aromatic N) is 5. The number of nitro groups is 2. The molecular weight excluding hydrogens is 712 g/mol. The molecule has 6 unspecified atom stereocenters. The van der Waals surface area contributed by atoms with E-state index in [2.05, 4.69) is 0 Å². The number of nitro benzene ring substituents is 2. The van der Waals surface area contributed by atoms with E-state index < -0.39 is 90.5 Å². The van der Waals surface area contributed by atoms with Crippen LogP contribution in [0.2, 0.25) is 0 Å². The van der Waals surface area contributed by atoms with Crippen LogP contribution in [0.25, 0.3) is 0 Å². The van der Waals surface area contributed by atoms with Crippen LogP contribution in [0.1, 0.15) is 24.3 Å². The van der Waals surface area contributed by atoms with Crippen molar-refractivity contribution in [2.24, 2.45) is 17.8 Å².